The van der Waals surface area contributed by atoms with Gasteiger partial charge in [-0.25, -0.2) is 0 Å². The van der Waals surface area contributed by atoms with E-state index >= 15 is 0 Å². The second-order valence-corrected chi connectivity index (χ2v) is 4.91. The Labute approximate surface area is 77.8 Å². The Bertz CT molecular complexity index is 166. The van der Waals surface area contributed by atoms with Crippen LogP contribution in [0.25, 0.3) is 0 Å². The first-order valence-electron chi connectivity index (χ1n) is 4.08. The van der Waals surface area contributed by atoms with E-state index in [4.69, 9.17) is 12.8 Å². The third kappa shape index (κ3) is 22.9. The number of terminal acetylenes is 2. The van der Waals surface area contributed by atoms with Gasteiger partial charge in [-0.05, 0) is 19.3 Å². The third-order valence-corrected chi connectivity index (χ3v) is 0.722. The Morgan fingerprint density at radius 1 is 0.750 bits per heavy atom. The number of rotatable bonds is 0. The molecule has 0 aromatic carbocycles. The van der Waals surface area contributed by atoms with E-state index in [9.17, 15) is 0 Å². The molecule has 0 saturated heterocycles. The van der Waals surface area contributed by atoms with Gasteiger partial charge in [-0.2, -0.15) is 0 Å². The monoisotopic (exact) mass is 164 g/mol. The van der Waals surface area contributed by atoms with Crippen molar-refractivity contribution in [2.45, 2.75) is 41.5 Å². The molecule has 0 heteroatoms. The molecule has 0 aliphatic carbocycles. The summed E-state index contributed by atoms with van der Waals surface area (Å²) >= 11 is 0. The van der Waals surface area contributed by atoms with Gasteiger partial charge in [-0.1, -0.05) is 39.5 Å². The summed E-state index contributed by atoms with van der Waals surface area (Å²) < 4.78 is 0. The zero-order valence-electron chi connectivity index (χ0n) is 9.15. The summed E-state index contributed by atoms with van der Waals surface area (Å²) in [5.74, 6) is 4.91. The first-order chi connectivity index (χ1) is 5.12. The Balaban J connectivity index is 0. The van der Waals surface area contributed by atoms with E-state index in [1.807, 2.05) is 13.8 Å². The second kappa shape index (κ2) is 4.89. The highest BCUT2D eigenvalue weighted by molar-refractivity contribution is 5.16. The number of hydrogen-bond acceptors (Lipinski definition) is 0. The first kappa shape index (κ1) is 13.7. The average Bonchev–Trinajstić information content (AvgIpc) is 1.85. The van der Waals surface area contributed by atoms with Crippen LogP contribution in [0.4, 0.5) is 0 Å². The van der Waals surface area contributed by atoms with Crippen LogP contribution in [0.5, 0.6) is 0 Å². The van der Waals surface area contributed by atoms with Crippen LogP contribution in [0.3, 0.4) is 0 Å². The Morgan fingerprint density at radius 2 is 0.917 bits per heavy atom. The molecule has 0 N–H and O–H groups in total. The Kier molecular flexibility index (Phi) is 5.58. The average molecular weight is 164 g/mol. The van der Waals surface area contributed by atoms with E-state index in [0.717, 1.165) is 0 Å². The topological polar surface area (TPSA) is 0 Å². The van der Waals surface area contributed by atoms with Crippen LogP contribution in [-0.4, -0.2) is 0 Å². The first-order valence-corrected chi connectivity index (χ1v) is 4.08. The minimum Gasteiger partial charge on any atom is -0.119 e. The summed E-state index contributed by atoms with van der Waals surface area (Å²) in [6.45, 7) is 12.4. The fourth-order valence-corrected chi connectivity index (χ4v) is 0.0417. The second-order valence-electron chi connectivity index (χ2n) is 4.91. The van der Waals surface area contributed by atoms with E-state index in [2.05, 4.69) is 39.5 Å². The zero-order valence-corrected chi connectivity index (χ0v) is 9.15. The summed E-state index contributed by atoms with van der Waals surface area (Å²) in [4.78, 5) is 0. The van der Waals surface area contributed by atoms with Crippen LogP contribution in [0, 0.1) is 35.5 Å². The molecule has 0 atom stereocenters. The van der Waals surface area contributed by atoms with Crippen molar-refractivity contribution in [2.24, 2.45) is 10.8 Å². The maximum Gasteiger partial charge on any atom is 0.0857 e. The van der Waals surface area contributed by atoms with Gasteiger partial charge in [0, 0.05) is 0 Å². The normalized spacial score (nSPS) is 10.3. The highest BCUT2D eigenvalue weighted by atomic mass is 14.1. The van der Waals surface area contributed by atoms with E-state index in [1.54, 1.807) is 0 Å². The molecule has 0 spiro atoms. The summed E-state index contributed by atoms with van der Waals surface area (Å²) in [5, 5.41) is 0. The van der Waals surface area contributed by atoms with Crippen LogP contribution in [-0.2, 0) is 0 Å². The van der Waals surface area contributed by atoms with Gasteiger partial charge in [0.1, 0.15) is 0 Å². The van der Waals surface area contributed by atoms with E-state index in [0.29, 0.717) is 5.41 Å². The minimum absolute atomic E-state index is 0.361. The smallest absolute Gasteiger partial charge is 0.0857 e. The molecule has 0 saturated carbocycles. The molecule has 0 nitrogen and oxygen atoms in total. The van der Waals surface area contributed by atoms with Gasteiger partial charge < -0.3 is 0 Å². The molecule has 0 amide bonds. The fraction of sp³-hybridized carbons (Fsp3) is 0.667. The molecular formula is C12H20. The molecule has 0 radical (unpaired) electrons. The summed E-state index contributed by atoms with van der Waals surface area (Å²) in [5.41, 5.74) is 0.139. The van der Waals surface area contributed by atoms with Crippen molar-refractivity contribution >= 4 is 0 Å². The summed E-state index contributed by atoms with van der Waals surface area (Å²) in [6, 6.07) is 0. The van der Waals surface area contributed by atoms with Crippen LogP contribution >= 0.6 is 0 Å². The molecule has 0 heterocycles. The van der Waals surface area contributed by atoms with Crippen molar-refractivity contribution in [2.75, 3.05) is 0 Å². The van der Waals surface area contributed by atoms with Crippen molar-refractivity contribution in [3.63, 3.8) is 0 Å². The van der Waals surface area contributed by atoms with Gasteiger partial charge in [0.2, 0.25) is 0 Å². The van der Waals surface area contributed by atoms with E-state index in [-0.39, 0.29) is 5.41 Å². The van der Waals surface area contributed by atoms with Gasteiger partial charge in [0.15, 0.2) is 0 Å². The lowest BCUT2D eigenvalue weighted by Crippen LogP contribution is -2.01. The lowest BCUT2D eigenvalue weighted by molar-refractivity contribution is 0.469. The number of hydrogen-bond donors (Lipinski definition) is 0. The molecule has 0 rings (SSSR count). The van der Waals surface area contributed by atoms with Crippen LogP contribution in [0.15, 0.2) is 0 Å². The quantitative estimate of drug-likeness (QED) is 0.482. The van der Waals surface area contributed by atoms with Crippen molar-refractivity contribution in [3.8, 4) is 24.7 Å². The molecule has 0 bridgehead atoms. The summed E-state index contributed by atoms with van der Waals surface area (Å²) in [6.07, 6.45) is 10.0. The SMILES string of the molecule is C#CC(C)(C)C#C.CC(C)(C)C. The zero-order chi connectivity index (χ0) is 10.4. The van der Waals surface area contributed by atoms with E-state index < -0.39 is 0 Å². The molecule has 12 heavy (non-hydrogen) atoms. The molecule has 0 aromatic heterocycles. The molecular weight excluding hydrogens is 144 g/mol. The highest BCUT2D eigenvalue weighted by Gasteiger charge is 2.05. The third-order valence-electron chi connectivity index (χ3n) is 0.722. The molecule has 68 valence electrons. The molecule has 0 aliphatic rings. The molecule has 0 unspecified atom stereocenters. The van der Waals surface area contributed by atoms with Gasteiger partial charge in [-0.15, -0.1) is 12.8 Å². The maximum atomic E-state index is 5.02. The molecule has 0 aliphatic heterocycles. The largest absolute Gasteiger partial charge is 0.119 e. The Morgan fingerprint density at radius 3 is 0.917 bits per heavy atom. The maximum absolute atomic E-state index is 5.02. The molecule has 0 fully saturated rings. The van der Waals surface area contributed by atoms with Crippen LogP contribution in [0.2, 0.25) is 0 Å². The van der Waals surface area contributed by atoms with Crippen LogP contribution < -0.4 is 0 Å². The van der Waals surface area contributed by atoms with Crippen molar-refractivity contribution < 1.29 is 0 Å². The highest BCUT2D eigenvalue weighted by Crippen LogP contribution is 2.08. The van der Waals surface area contributed by atoms with Gasteiger partial charge in [0.05, 0.1) is 5.41 Å². The van der Waals surface area contributed by atoms with Crippen molar-refractivity contribution in [3.05, 3.63) is 0 Å². The molecule has 0 aromatic rings. The lowest BCUT2D eigenvalue weighted by atomic mass is 9.97. The minimum atomic E-state index is -0.361. The standard InChI is InChI=1S/C7H8.C5H12/c1-5-7(3,4)6-2;1-5(2,3)4/h1-2H,3-4H3;1-4H3. The summed E-state index contributed by atoms with van der Waals surface area (Å²) in [7, 11) is 0. The van der Waals surface area contributed by atoms with Crippen LogP contribution in [0.1, 0.15) is 41.5 Å². The van der Waals surface area contributed by atoms with Crippen molar-refractivity contribution in [1.82, 2.24) is 0 Å². The lowest BCUT2D eigenvalue weighted by Gasteiger charge is -2.05. The Hall–Kier alpha value is -0.880. The predicted molar refractivity (Wildman–Crippen MR) is 56.6 cm³/mol. The van der Waals surface area contributed by atoms with E-state index in [1.165, 1.54) is 0 Å². The predicted octanol–water partition coefficient (Wildman–Crippen LogP) is 3.33. The fourth-order valence-electron chi connectivity index (χ4n) is 0.0417. The van der Waals surface area contributed by atoms with Gasteiger partial charge in [-0.3, -0.25) is 0 Å². The van der Waals surface area contributed by atoms with Gasteiger partial charge >= 0.3 is 0 Å². The van der Waals surface area contributed by atoms with Crippen molar-refractivity contribution in [1.29, 1.82) is 0 Å². The van der Waals surface area contributed by atoms with Gasteiger partial charge in [0.25, 0.3) is 0 Å².